The normalized spacial score (nSPS) is 16.8. The van der Waals surface area contributed by atoms with Crippen LogP contribution in [0.4, 0.5) is 0 Å². The first-order valence-corrected chi connectivity index (χ1v) is 6.46. The number of hydrogen-bond acceptors (Lipinski definition) is 2. The van der Waals surface area contributed by atoms with Gasteiger partial charge >= 0.3 is 5.97 Å². The van der Waals surface area contributed by atoms with Crippen LogP contribution in [0.1, 0.15) is 59.8 Å². The summed E-state index contributed by atoms with van der Waals surface area (Å²) in [5, 5.41) is 12.3. The van der Waals surface area contributed by atoms with Crippen molar-refractivity contribution in [2.45, 2.75) is 71.9 Å². The van der Waals surface area contributed by atoms with Crippen molar-refractivity contribution in [1.29, 1.82) is 0 Å². The predicted molar refractivity (Wildman–Crippen MR) is 67.6 cm³/mol. The van der Waals surface area contributed by atoms with E-state index in [-0.39, 0.29) is 5.92 Å². The third-order valence-corrected chi connectivity index (χ3v) is 2.99. The Hall–Kier alpha value is -0.570. The Morgan fingerprint density at radius 3 is 2.19 bits per heavy atom. The van der Waals surface area contributed by atoms with Crippen molar-refractivity contribution in [3.05, 3.63) is 0 Å². The van der Waals surface area contributed by atoms with Crippen LogP contribution in [-0.4, -0.2) is 23.2 Å². The summed E-state index contributed by atoms with van der Waals surface area (Å²) in [5.41, 5.74) is 0. The van der Waals surface area contributed by atoms with Crippen LogP contribution in [0.2, 0.25) is 0 Å². The molecule has 0 aromatic heterocycles. The van der Waals surface area contributed by atoms with Crippen molar-refractivity contribution in [3.8, 4) is 0 Å². The van der Waals surface area contributed by atoms with E-state index >= 15 is 0 Å². The molecular weight excluding hydrogens is 202 g/mol. The zero-order chi connectivity index (χ0) is 12.6. The summed E-state index contributed by atoms with van der Waals surface area (Å²) in [6, 6.07) is 1.06. The molecule has 3 atom stereocenters. The fourth-order valence-electron chi connectivity index (χ4n) is 1.94. The van der Waals surface area contributed by atoms with E-state index in [0.29, 0.717) is 12.1 Å². The summed E-state index contributed by atoms with van der Waals surface area (Å²) in [7, 11) is 0. The zero-order valence-electron chi connectivity index (χ0n) is 11.1. The summed E-state index contributed by atoms with van der Waals surface area (Å²) in [6.07, 6.45) is 5.24. The molecule has 0 amide bonds. The van der Waals surface area contributed by atoms with Crippen LogP contribution < -0.4 is 5.32 Å². The Kier molecular flexibility index (Phi) is 8.26. The summed E-state index contributed by atoms with van der Waals surface area (Å²) < 4.78 is 0. The van der Waals surface area contributed by atoms with Gasteiger partial charge in [-0.25, -0.2) is 0 Å². The third kappa shape index (κ3) is 7.69. The molecule has 3 heteroatoms. The molecule has 0 fully saturated rings. The Morgan fingerprint density at radius 1 is 1.12 bits per heavy atom. The van der Waals surface area contributed by atoms with E-state index in [4.69, 9.17) is 5.11 Å². The quantitative estimate of drug-likeness (QED) is 0.639. The molecule has 0 bridgehead atoms. The van der Waals surface area contributed by atoms with Crippen molar-refractivity contribution in [3.63, 3.8) is 0 Å². The highest BCUT2D eigenvalue weighted by atomic mass is 16.4. The maximum Gasteiger partial charge on any atom is 0.306 e. The van der Waals surface area contributed by atoms with Gasteiger partial charge in [-0.05, 0) is 33.1 Å². The number of nitrogens with one attached hydrogen (secondary N) is 1. The average molecular weight is 229 g/mol. The zero-order valence-corrected chi connectivity index (χ0v) is 11.1. The molecule has 0 rings (SSSR count). The molecule has 0 aromatic rings. The lowest BCUT2D eigenvalue weighted by Gasteiger charge is -2.19. The molecule has 0 radical (unpaired) electrons. The van der Waals surface area contributed by atoms with E-state index in [0.717, 1.165) is 19.3 Å². The van der Waals surface area contributed by atoms with Crippen molar-refractivity contribution < 1.29 is 9.90 Å². The molecule has 3 nitrogen and oxygen atoms in total. The summed E-state index contributed by atoms with van der Waals surface area (Å²) in [4.78, 5) is 10.6. The van der Waals surface area contributed by atoms with Gasteiger partial charge in [-0.3, -0.25) is 4.79 Å². The first kappa shape index (κ1) is 15.4. The molecule has 2 N–H and O–H groups in total. The second-order valence-electron chi connectivity index (χ2n) is 4.93. The maximum absolute atomic E-state index is 10.6. The van der Waals surface area contributed by atoms with Crippen LogP contribution in [0.25, 0.3) is 0 Å². The van der Waals surface area contributed by atoms with Crippen molar-refractivity contribution in [1.82, 2.24) is 5.32 Å². The second kappa shape index (κ2) is 8.57. The van der Waals surface area contributed by atoms with E-state index in [1.54, 1.807) is 6.92 Å². The van der Waals surface area contributed by atoms with Crippen molar-refractivity contribution in [2.24, 2.45) is 5.92 Å². The maximum atomic E-state index is 10.6. The van der Waals surface area contributed by atoms with Crippen molar-refractivity contribution >= 4 is 5.97 Å². The Labute approximate surface area is 99.6 Å². The average Bonchev–Trinajstić information content (AvgIpc) is 2.17. The molecule has 0 aliphatic rings. The molecule has 0 aliphatic heterocycles. The minimum atomic E-state index is -0.681. The van der Waals surface area contributed by atoms with Crippen molar-refractivity contribution in [2.75, 3.05) is 0 Å². The third-order valence-electron chi connectivity index (χ3n) is 2.99. The highest BCUT2D eigenvalue weighted by Crippen LogP contribution is 2.10. The SMILES string of the molecule is CCCC(C)NC(C)CCCC(C)C(=O)O. The second-order valence-corrected chi connectivity index (χ2v) is 4.93. The number of hydrogen-bond donors (Lipinski definition) is 2. The van der Waals surface area contributed by atoms with Gasteiger partial charge in [0, 0.05) is 12.1 Å². The molecule has 3 unspecified atom stereocenters. The number of carboxylic acids is 1. The Balaban J connectivity index is 3.57. The van der Waals surface area contributed by atoms with E-state index in [1.165, 1.54) is 12.8 Å². The van der Waals surface area contributed by atoms with Gasteiger partial charge in [-0.1, -0.05) is 26.7 Å². The summed E-state index contributed by atoms with van der Waals surface area (Å²) >= 11 is 0. The monoisotopic (exact) mass is 229 g/mol. The van der Waals surface area contributed by atoms with Gasteiger partial charge in [-0.2, -0.15) is 0 Å². The van der Waals surface area contributed by atoms with E-state index < -0.39 is 5.97 Å². The Bertz CT molecular complexity index is 194. The molecule has 96 valence electrons. The minimum absolute atomic E-state index is 0.208. The molecule has 0 saturated carbocycles. The highest BCUT2D eigenvalue weighted by Gasteiger charge is 2.11. The number of carbonyl (C=O) groups is 1. The van der Waals surface area contributed by atoms with Gasteiger partial charge in [0.05, 0.1) is 5.92 Å². The molecular formula is C13H27NO2. The lowest BCUT2D eigenvalue weighted by Crippen LogP contribution is -2.34. The topological polar surface area (TPSA) is 49.3 Å². The van der Waals surface area contributed by atoms with E-state index in [1.807, 2.05) is 0 Å². The van der Waals surface area contributed by atoms with Crippen LogP contribution in [0, 0.1) is 5.92 Å². The molecule has 0 saturated heterocycles. The van der Waals surface area contributed by atoms with E-state index in [2.05, 4.69) is 26.1 Å². The van der Waals surface area contributed by atoms with Gasteiger partial charge in [0.25, 0.3) is 0 Å². The summed E-state index contributed by atoms with van der Waals surface area (Å²) in [5.74, 6) is -0.889. The van der Waals surface area contributed by atoms with Crippen LogP contribution in [0.15, 0.2) is 0 Å². The van der Waals surface area contributed by atoms with Crippen LogP contribution in [0.5, 0.6) is 0 Å². The lowest BCUT2D eigenvalue weighted by molar-refractivity contribution is -0.141. The van der Waals surface area contributed by atoms with Gasteiger partial charge in [0.15, 0.2) is 0 Å². The van der Waals surface area contributed by atoms with E-state index in [9.17, 15) is 4.79 Å². The lowest BCUT2D eigenvalue weighted by atomic mass is 10.0. The smallest absolute Gasteiger partial charge is 0.306 e. The van der Waals surface area contributed by atoms with Crippen LogP contribution >= 0.6 is 0 Å². The molecule has 0 aliphatic carbocycles. The fourth-order valence-corrected chi connectivity index (χ4v) is 1.94. The molecule has 0 heterocycles. The van der Waals surface area contributed by atoms with Gasteiger partial charge in [0.1, 0.15) is 0 Å². The Morgan fingerprint density at radius 2 is 1.69 bits per heavy atom. The standard InChI is InChI=1S/C13H27NO2/c1-5-7-11(3)14-12(4)9-6-8-10(2)13(15)16/h10-12,14H,5-9H2,1-4H3,(H,15,16). The van der Waals surface area contributed by atoms with Gasteiger partial charge < -0.3 is 10.4 Å². The number of carboxylic acid groups (broad SMARTS) is 1. The van der Waals surface area contributed by atoms with Crippen LogP contribution in [-0.2, 0) is 4.79 Å². The predicted octanol–water partition coefficient (Wildman–Crippen LogP) is 3.04. The highest BCUT2D eigenvalue weighted by molar-refractivity contribution is 5.69. The fraction of sp³-hybridized carbons (Fsp3) is 0.923. The number of aliphatic carboxylic acids is 1. The molecule has 0 spiro atoms. The summed E-state index contributed by atoms with van der Waals surface area (Å²) in [6.45, 7) is 8.36. The van der Waals surface area contributed by atoms with Gasteiger partial charge in [0.2, 0.25) is 0 Å². The molecule has 0 aromatic carbocycles. The number of rotatable bonds is 9. The first-order valence-electron chi connectivity index (χ1n) is 6.46. The first-order chi connectivity index (χ1) is 7.47. The largest absolute Gasteiger partial charge is 0.481 e. The minimum Gasteiger partial charge on any atom is -0.481 e. The molecule has 16 heavy (non-hydrogen) atoms. The van der Waals surface area contributed by atoms with Crippen LogP contribution in [0.3, 0.4) is 0 Å². The van der Waals surface area contributed by atoms with Gasteiger partial charge in [-0.15, -0.1) is 0 Å².